The Kier molecular flexibility index (Phi) is 4.09. The summed E-state index contributed by atoms with van der Waals surface area (Å²) in [7, 11) is 0. The molecule has 3 N–H and O–H groups in total. The minimum Gasteiger partial charge on any atom is -0.481 e. The van der Waals surface area contributed by atoms with E-state index < -0.39 is 11.9 Å². The van der Waals surface area contributed by atoms with Crippen molar-refractivity contribution in [2.45, 2.75) is 12.8 Å². The first-order chi connectivity index (χ1) is 8.99. The highest BCUT2D eigenvalue weighted by Crippen LogP contribution is 2.24. The molecular formula is C13H15BrN2O3. The van der Waals surface area contributed by atoms with Gasteiger partial charge in [-0.15, -0.1) is 0 Å². The van der Waals surface area contributed by atoms with Crippen molar-refractivity contribution in [3.05, 3.63) is 28.2 Å². The maximum absolute atomic E-state index is 12.4. The van der Waals surface area contributed by atoms with Crippen molar-refractivity contribution >= 4 is 33.5 Å². The first-order valence-corrected chi connectivity index (χ1v) is 6.85. The zero-order valence-electron chi connectivity index (χ0n) is 10.3. The second-order valence-corrected chi connectivity index (χ2v) is 5.52. The molecule has 6 heteroatoms. The number of aliphatic carboxylic acids is 1. The summed E-state index contributed by atoms with van der Waals surface area (Å²) >= 11 is 3.32. The van der Waals surface area contributed by atoms with Crippen LogP contribution in [0.4, 0.5) is 5.69 Å². The number of nitrogens with two attached hydrogens (primary N) is 1. The third kappa shape index (κ3) is 3.07. The van der Waals surface area contributed by atoms with Crippen LogP contribution in [0.15, 0.2) is 22.7 Å². The number of rotatable bonds is 2. The molecule has 1 aliphatic rings. The van der Waals surface area contributed by atoms with E-state index in [1.54, 1.807) is 23.1 Å². The summed E-state index contributed by atoms with van der Waals surface area (Å²) in [5.74, 6) is -1.49. The van der Waals surface area contributed by atoms with Gasteiger partial charge in [0.15, 0.2) is 0 Å². The number of hydrogen-bond donors (Lipinski definition) is 2. The van der Waals surface area contributed by atoms with Gasteiger partial charge in [-0.05, 0) is 47.0 Å². The number of carboxylic acids is 1. The van der Waals surface area contributed by atoms with Crippen molar-refractivity contribution in [2.75, 3.05) is 18.8 Å². The molecule has 5 nitrogen and oxygen atoms in total. The number of nitrogens with zero attached hydrogens (tertiary/aromatic N) is 1. The van der Waals surface area contributed by atoms with E-state index in [1.165, 1.54) is 0 Å². The lowest BCUT2D eigenvalue weighted by atomic mass is 9.97. The Hall–Kier alpha value is -1.56. The van der Waals surface area contributed by atoms with Gasteiger partial charge in [0.25, 0.3) is 5.91 Å². The number of piperidine rings is 1. The Balaban J connectivity index is 2.19. The molecule has 19 heavy (non-hydrogen) atoms. The van der Waals surface area contributed by atoms with Crippen LogP contribution in [0.2, 0.25) is 0 Å². The Morgan fingerprint density at radius 1 is 1.42 bits per heavy atom. The van der Waals surface area contributed by atoms with E-state index in [9.17, 15) is 9.59 Å². The van der Waals surface area contributed by atoms with Crippen molar-refractivity contribution in [1.82, 2.24) is 4.90 Å². The number of anilines is 1. The fourth-order valence-corrected chi connectivity index (χ4v) is 2.66. The lowest BCUT2D eigenvalue weighted by Crippen LogP contribution is -2.42. The summed E-state index contributed by atoms with van der Waals surface area (Å²) in [6.45, 7) is 0.846. The zero-order chi connectivity index (χ0) is 14.0. The van der Waals surface area contributed by atoms with Crippen molar-refractivity contribution in [3.63, 3.8) is 0 Å². The van der Waals surface area contributed by atoms with Crippen molar-refractivity contribution in [1.29, 1.82) is 0 Å². The number of likely N-dealkylation sites (tertiary alicyclic amines) is 1. The third-order valence-electron chi connectivity index (χ3n) is 3.28. The summed E-state index contributed by atoms with van der Waals surface area (Å²) in [5.41, 5.74) is 6.67. The Morgan fingerprint density at radius 3 is 2.84 bits per heavy atom. The second-order valence-electron chi connectivity index (χ2n) is 4.67. The van der Waals surface area contributed by atoms with Gasteiger partial charge in [-0.2, -0.15) is 0 Å². The topological polar surface area (TPSA) is 83.6 Å². The monoisotopic (exact) mass is 326 g/mol. The number of halogens is 1. The normalized spacial score (nSPS) is 19.2. The quantitative estimate of drug-likeness (QED) is 0.814. The zero-order valence-corrected chi connectivity index (χ0v) is 11.9. The number of nitrogen functional groups attached to an aromatic ring is 1. The van der Waals surface area contributed by atoms with Gasteiger partial charge in [0.05, 0.1) is 11.5 Å². The number of hydrogen-bond acceptors (Lipinski definition) is 3. The molecule has 2 rings (SSSR count). The van der Waals surface area contributed by atoms with Crippen molar-refractivity contribution < 1.29 is 14.7 Å². The molecule has 1 aromatic carbocycles. The van der Waals surface area contributed by atoms with Gasteiger partial charge in [0.2, 0.25) is 0 Å². The van der Waals surface area contributed by atoms with Crippen LogP contribution >= 0.6 is 15.9 Å². The summed E-state index contributed by atoms with van der Waals surface area (Å²) < 4.78 is 0.671. The van der Waals surface area contributed by atoms with E-state index in [0.29, 0.717) is 35.1 Å². The summed E-state index contributed by atoms with van der Waals surface area (Å²) in [6, 6.07) is 5.04. The number of carboxylic acid groups (broad SMARTS) is 1. The van der Waals surface area contributed by atoms with Gasteiger partial charge in [0, 0.05) is 23.2 Å². The molecule has 1 aromatic rings. The molecule has 1 atom stereocenters. The van der Waals surface area contributed by atoms with Crippen LogP contribution in [-0.4, -0.2) is 35.0 Å². The van der Waals surface area contributed by atoms with E-state index in [2.05, 4.69) is 15.9 Å². The molecule has 0 aliphatic carbocycles. The average Bonchev–Trinajstić information content (AvgIpc) is 2.41. The predicted octanol–water partition coefficient (Wildman–Crippen LogP) is 1.97. The number of benzene rings is 1. The van der Waals surface area contributed by atoms with Crippen molar-refractivity contribution in [2.24, 2.45) is 5.92 Å². The maximum atomic E-state index is 12.4. The largest absolute Gasteiger partial charge is 0.481 e. The van der Waals surface area contributed by atoms with Gasteiger partial charge in [-0.3, -0.25) is 9.59 Å². The molecule has 1 fully saturated rings. The van der Waals surface area contributed by atoms with E-state index in [1.807, 2.05) is 0 Å². The Labute approximate surface area is 119 Å². The number of amides is 1. The second kappa shape index (κ2) is 5.61. The molecule has 1 heterocycles. The fraction of sp³-hybridized carbons (Fsp3) is 0.385. The molecule has 0 bridgehead atoms. The summed E-state index contributed by atoms with van der Waals surface area (Å²) in [4.78, 5) is 25.0. The van der Waals surface area contributed by atoms with Crippen LogP contribution < -0.4 is 5.73 Å². The first-order valence-electron chi connectivity index (χ1n) is 6.06. The van der Waals surface area contributed by atoms with E-state index in [0.717, 1.165) is 0 Å². The van der Waals surface area contributed by atoms with Gasteiger partial charge >= 0.3 is 5.97 Å². The highest BCUT2D eigenvalue weighted by atomic mass is 79.9. The molecule has 1 saturated heterocycles. The highest BCUT2D eigenvalue weighted by Gasteiger charge is 2.29. The van der Waals surface area contributed by atoms with E-state index in [4.69, 9.17) is 10.8 Å². The Bertz CT molecular complexity index is 519. The minimum absolute atomic E-state index is 0.176. The van der Waals surface area contributed by atoms with Gasteiger partial charge < -0.3 is 15.7 Å². The van der Waals surface area contributed by atoms with Crippen LogP contribution in [0, 0.1) is 5.92 Å². The van der Waals surface area contributed by atoms with Crippen LogP contribution in [0.1, 0.15) is 23.2 Å². The molecule has 102 valence electrons. The lowest BCUT2D eigenvalue weighted by molar-refractivity contribution is -0.143. The van der Waals surface area contributed by atoms with E-state index >= 15 is 0 Å². The average molecular weight is 327 g/mol. The van der Waals surface area contributed by atoms with Crippen LogP contribution in [0.3, 0.4) is 0 Å². The smallest absolute Gasteiger partial charge is 0.308 e. The maximum Gasteiger partial charge on any atom is 0.308 e. The summed E-state index contributed by atoms with van der Waals surface area (Å²) in [6.07, 6.45) is 1.33. The highest BCUT2D eigenvalue weighted by molar-refractivity contribution is 9.10. The molecule has 0 unspecified atom stereocenters. The van der Waals surface area contributed by atoms with Gasteiger partial charge in [-0.25, -0.2) is 0 Å². The molecular weight excluding hydrogens is 312 g/mol. The fourth-order valence-electron chi connectivity index (χ4n) is 2.24. The molecule has 0 spiro atoms. The summed E-state index contributed by atoms with van der Waals surface area (Å²) in [5, 5.41) is 9.04. The predicted molar refractivity (Wildman–Crippen MR) is 74.8 cm³/mol. The van der Waals surface area contributed by atoms with Crippen molar-refractivity contribution in [3.8, 4) is 0 Å². The first kappa shape index (κ1) is 13.9. The number of carbonyl (C=O) groups excluding carboxylic acids is 1. The molecule has 1 amide bonds. The number of carbonyl (C=O) groups is 2. The Morgan fingerprint density at radius 2 is 2.16 bits per heavy atom. The van der Waals surface area contributed by atoms with E-state index in [-0.39, 0.29) is 12.5 Å². The SMILES string of the molecule is Nc1ccc(Br)c(C(=O)N2CCC[C@H](C(=O)O)C2)c1. The molecule has 0 radical (unpaired) electrons. The lowest BCUT2D eigenvalue weighted by Gasteiger charge is -2.31. The van der Waals surface area contributed by atoms with Gasteiger partial charge in [0.1, 0.15) is 0 Å². The molecule has 0 saturated carbocycles. The third-order valence-corrected chi connectivity index (χ3v) is 3.97. The van der Waals surface area contributed by atoms with Crippen LogP contribution in [0.25, 0.3) is 0 Å². The molecule has 0 aromatic heterocycles. The van der Waals surface area contributed by atoms with Crippen LogP contribution in [0.5, 0.6) is 0 Å². The minimum atomic E-state index is -0.843. The van der Waals surface area contributed by atoms with Crippen LogP contribution in [-0.2, 0) is 4.79 Å². The van der Waals surface area contributed by atoms with Gasteiger partial charge in [-0.1, -0.05) is 0 Å². The molecule has 1 aliphatic heterocycles. The standard InChI is InChI=1S/C13H15BrN2O3/c14-11-4-3-9(15)6-10(11)12(17)16-5-1-2-8(7-16)13(18)19/h3-4,6,8H,1-2,5,7,15H2,(H,18,19)/t8-/m0/s1.